The number of rotatable bonds is 24. The van der Waals surface area contributed by atoms with E-state index >= 15 is 0 Å². The maximum Gasteiger partial charge on any atom is 0.313 e. The molecule has 0 aliphatic carbocycles. The summed E-state index contributed by atoms with van der Waals surface area (Å²) in [4.78, 5) is 40.4. The zero-order valence-electron chi connectivity index (χ0n) is 44.8. The number of carboxylic acid groups (broad SMARTS) is 1. The van der Waals surface area contributed by atoms with E-state index in [1.807, 2.05) is 17.1 Å². The van der Waals surface area contributed by atoms with Gasteiger partial charge in [-0.05, 0) is 95.9 Å². The molecule has 0 saturated carbocycles. The number of halogens is 1. The second kappa shape index (κ2) is 23.5. The Bertz CT molecular complexity index is 1540. The summed E-state index contributed by atoms with van der Waals surface area (Å²) in [6.45, 7) is 45.6. The molecule has 1 heterocycles. The summed E-state index contributed by atoms with van der Waals surface area (Å²) < 4.78 is 49.5. The number of ether oxygens (including phenoxy) is 3. The molecule has 1 saturated heterocycles. The molecule has 0 aromatic rings. The van der Waals surface area contributed by atoms with Gasteiger partial charge in [-0.15, -0.1) is 0 Å². The van der Waals surface area contributed by atoms with Crippen molar-refractivity contribution in [3.8, 4) is 0 Å². The molecule has 0 spiro atoms. The van der Waals surface area contributed by atoms with Crippen LogP contribution in [0.2, 0.25) is 72.5 Å². The molecule has 1 aliphatic heterocycles. The lowest BCUT2D eigenvalue weighted by Gasteiger charge is -2.52. The highest BCUT2D eigenvalue weighted by Crippen LogP contribution is 2.48. The maximum atomic E-state index is 14.1. The van der Waals surface area contributed by atoms with Gasteiger partial charge in [0.05, 0.1) is 43.5 Å². The predicted octanol–water partition coefficient (Wildman–Crippen LogP) is 13.4. The number of ketones is 1. The summed E-state index contributed by atoms with van der Waals surface area (Å²) in [5.41, 5.74) is 0. The van der Waals surface area contributed by atoms with Crippen molar-refractivity contribution in [1.29, 1.82) is 0 Å². The van der Waals surface area contributed by atoms with E-state index in [1.54, 1.807) is 7.11 Å². The number of hydrogen-bond acceptors (Lipinski definition) is 10. The molecular weight excluding hydrogens is 992 g/mol. The van der Waals surface area contributed by atoms with Gasteiger partial charge in [-0.2, -0.15) is 0 Å². The Labute approximate surface area is 409 Å². The van der Waals surface area contributed by atoms with Crippen molar-refractivity contribution in [1.82, 2.24) is 0 Å². The molecule has 0 unspecified atom stereocenters. The third kappa shape index (κ3) is 17.3. The molecule has 64 heavy (non-hydrogen) atoms. The molecule has 376 valence electrons. The van der Waals surface area contributed by atoms with Crippen LogP contribution >= 0.6 is 22.6 Å². The molecular formula is C48H95IO11Si4. The van der Waals surface area contributed by atoms with Gasteiger partial charge in [0.1, 0.15) is 11.7 Å². The molecule has 1 fully saturated rings. The van der Waals surface area contributed by atoms with Crippen LogP contribution in [0.5, 0.6) is 0 Å². The average Bonchev–Trinajstić information content (AvgIpc) is 3.08. The first kappa shape index (κ1) is 61.7. The van der Waals surface area contributed by atoms with Crippen molar-refractivity contribution in [3.63, 3.8) is 0 Å². The van der Waals surface area contributed by atoms with E-state index in [0.717, 1.165) is 0 Å². The van der Waals surface area contributed by atoms with Crippen LogP contribution in [0.25, 0.3) is 0 Å². The van der Waals surface area contributed by atoms with Crippen LogP contribution in [-0.2, 0) is 46.3 Å². The third-order valence-corrected chi connectivity index (χ3v) is 33.9. The van der Waals surface area contributed by atoms with E-state index in [9.17, 15) is 19.5 Å². The Kier molecular flexibility index (Phi) is 22.7. The number of aliphatic carboxylic acids is 1. The minimum absolute atomic E-state index is 0.0234. The summed E-state index contributed by atoms with van der Waals surface area (Å²) in [5, 5.41) is 9.73. The molecule has 0 aromatic carbocycles. The number of carbonyl (C=O) groups excluding carboxylic acids is 2. The molecule has 1 aliphatic rings. The van der Waals surface area contributed by atoms with E-state index in [2.05, 4.69) is 158 Å². The fourth-order valence-corrected chi connectivity index (χ4v) is 13.0. The lowest BCUT2D eigenvalue weighted by Crippen LogP contribution is -2.60. The zero-order chi connectivity index (χ0) is 50.3. The highest BCUT2D eigenvalue weighted by molar-refractivity contribution is 14.1. The number of carboxylic acids is 1. The van der Waals surface area contributed by atoms with Crippen LogP contribution in [0, 0.1) is 11.8 Å². The average molecular weight is 1090 g/mol. The highest BCUT2D eigenvalue weighted by Gasteiger charge is 2.56. The summed E-state index contributed by atoms with van der Waals surface area (Å²) >= 11 is 2.22. The van der Waals surface area contributed by atoms with Crippen LogP contribution in [-0.4, -0.2) is 107 Å². The highest BCUT2D eigenvalue weighted by atomic mass is 127. The van der Waals surface area contributed by atoms with Crippen molar-refractivity contribution >= 4 is 73.6 Å². The van der Waals surface area contributed by atoms with Gasteiger partial charge in [-0.1, -0.05) is 119 Å². The van der Waals surface area contributed by atoms with Gasteiger partial charge in [0.15, 0.2) is 39.1 Å². The lowest BCUT2D eigenvalue weighted by molar-refractivity contribution is -0.308. The fourth-order valence-electron chi connectivity index (χ4n) is 7.17. The molecule has 0 aromatic heterocycles. The Balaban J connectivity index is 3.86. The topological polar surface area (TPSA) is 136 Å². The minimum atomic E-state index is -2.47. The van der Waals surface area contributed by atoms with Crippen molar-refractivity contribution in [2.24, 2.45) is 11.8 Å². The number of Topliss-reactive ketones (excluding diaryl/α,β-unsaturated/α-hetero) is 1. The molecule has 1 rings (SSSR count). The van der Waals surface area contributed by atoms with Gasteiger partial charge < -0.3 is 37.0 Å². The van der Waals surface area contributed by atoms with E-state index in [4.69, 9.17) is 31.9 Å². The maximum absolute atomic E-state index is 14.1. The zero-order valence-corrected chi connectivity index (χ0v) is 50.9. The SMILES string of the molecule is CC[C@H](C(=O)O)[C@@H](CC(=O)CCC[C@@H](C[C@]1(OC)C[C@H](O[Si](C)(C)C(C)(C)C)[C@@H](C(=O)OC)[C@H](C[C@H](/C=C/I)O[Si](C)(C)C(C)(C)C)O1)O[Si](C)(C)C(C)(C)C)O[Si](C)(C)C(C)(C)C. The molecule has 1 N–H and O–H groups in total. The van der Waals surface area contributed by atoms with Gasteiger partial charge >= 0.3 is 11.9 Å². The molecule has 11 nitrogen and oxygen atoms in total. The summed E-state index contributed by atoms with van der Waals surface area (Å²) in [5.74, 6) is -4.09. The van der Waals surface area contributed by atoms with Crippen LogP contribution in [0.1, 0.15) is 141 Å². The molecule has 0 radical (unpaired) electrons. The monoisotopic (exact) mass is 1090 g/mol. The van der Waals surface area contributed by atoms with Crippen LogP contribution < -0.4 is 0 Å². The van der Waals surface area contributed by atoms with Crippen LogP contribution in [0.15, 0.2) is 10.2 Å². The minimum Gasteiger partial charge on any atom is -0.481 e. The largest absolute Gasteiger partial charge is 0.481 e. The van der Waals surface area contributed by atoms with E-state index in [-0.39, 0.29) is 63.4 Å². The van der Waals surface area contributed by atoms with Crippen molar-refractivity contribution in [3.05, 3.63) is 10.2 Å². The quantitative estimate of drug-likeness (QED) is 0.0562. The first-order valence-corrected chi connectivity index (χ1v) is 36.6. The fraction of sp³-hybridized carbons (Fsp3) is 0.896. The Hall–Kier alpha value is -0.292. The van der Waals surface area contributed by atoms with Crippen LogP contribution in [0.4, 0.5) is 0 Å². The van der Waals surface area contributed by atoms with Gasteiger partial charge in [-0.3, -0.25) is 14.4 Å². The second-order valence-corrected chi connectivity index (χ2v) is 44.3. The number of carbonyl (C=O) groups is 3. The van der Waals surface area contributed by atoms with E-state index in [1.165, 1.54) is 7.11 Å². The summed E-state index contributed by atoms with van der Waals surface area (Å²) in [6.07, 6.45) is 2.10. The van der Waals surface area contributed by atoms with Crippen molar-refractivity contribution < 1.29 is 51.4 Å². The second-order valence-electron chi connectivity index (χ2n) is 24.5. The van der Waals surface area contributed by atoms with Gasteiger partial charge in [-0.25, -0.2) is 0 Å². The van der Waals surface area contributed by atoms with Gasteiger partial charge in [0.2, 0.25) is 0 Å². The number of methoxy groups -OCH3 is 2. The standard InChI is InChI=1S/C48H95IO11Si4/c1-24-37(42(51)52)38(59-63(20,21)46(8,9)10)30-34(50)26-25-27-36(58-62(18,19)45(5,6)7)32-48(55-15)33-40(60-64(22,23)47(11,12)13)41(43(53)54-14)39(56-48)31-35(28-29-49)57-61(16,17)44(2,3)4/h28-29,35-41H,24-27,30-33H2,1-23H3,(H,51,52)/b29-28+/t35-,36-,37-,38+,39-,40-,41-,48+/m0/s1. The first-order chi connectivity index (χ1) is 28.7. The molecule has 8 atom stereocenters. The Morgan fingerprint density at radius 3 is 1.69 bits per heavy atom. The smallest absolute Gasteiger partial charge is 0.313 e. The third-order valence-electron chi connectivity index (χ3n) is 15.5. The summed E-state index contributed by atoms with van der Waals surface area (Å²) in [7, 11) is -6.44. The number of esters is 1. The molecule has 0 bridgehead atoms. The molecule has 0 amide bonds. The Morgan fingerprint density at radius 2 is 1.27 bits per heavy atom. The predicted molar refractivity (Wildman–Crippen MR) is 280 cm³/mol. The summed E-state index contributed by atoms with van der Waals surface area (Å²) in [6, 6.07) is 0. The van der Waals surface area contributed by atoms with Gasteiger partial charge in [0, 0.05) is 39.2 Å². The number of hydrogen-bond donors (Lipinski definition) is 1. The van der Waals surface area contributed by atoms with Crippen molar-refractivity contribution in [2.45, 2.75) is 250 Å². The normalized spacial score (nSPS) is 23.2. The Morgan fingerprint density at radius 1 is 0.781 bits per heavy atom. The first-order valence-electron chi connectivity index (χ1n) is 23.7. The lowest BCUT2D eigenvalue weighted by atomic mass is 9.82. The van der Waals surface area contributed by atoms with E-state index in [0.29, 0.717) is 32.1 Å². The van der Waals surface area contributed by atoms with Gasteiger partial charge in [0.25, 0.3) is 0 Å². The van der Waals surface area contributed by atoms with E-state index < -0.39 is 75.2 Å². The van der Waals surface area contributed by atoms with Crippen molar-refractivity contribution in [2.75, 3.05) is 14.2 Å². The van der Waals surface area contributed by atoms with Crippen LogP contribution in [0.3, 0.4) is 0 Å². The molecule has 16 heteroatoms.